The fourth-order valence-electron chi connectivity index (χ4n) is 2.12. The van der Waals surface area contributed by atoms with Crippen LogP contribution in [0.3, 0.4) is 0 Å². The Hall–Kier alpha value is -2.37. The van der Waals surface area contributed by atoms with Crippen LogP contribution in [0.5, 0.6) is 0 Å². The number of halogens is 1. The maximum absolute atomic E-state index is 12.0. The Balaban J connectivity index is 1.66. The summed E-state index contributed by atoms with van der Waals surface area (Å²) in [6.07, 6.45) is -0.570. The zero-order valence-corrected chi connectivity index (χ0v) is 14.8. The maximum atomic E-state index is 12.0. The van der Waals surface area contributed by atoms with Crippen molar-refractivity contribution in [3.05, 3.63) is 70.7 Å². The Morgan fingerprint density at radius 1 is 1.00 bits per heavy atom. The number of carbonyl (C=O) groups is 2. The van der Waals surface area contributed by atoms with Crippen molar-refractivity contribution < 1.29 is 14.3 Å². The Morgan fingerprint density at radius 3 is 2.36 bits per heavy atom. The van der Waals surface area contributed by atoms with Gasteiger partial charge in [0.25, 0.3) is 5.91 Å². The monoisotopic (exact) mass is 360 g/mol. The lowest BCUT2D eigenvalue weighted by molar-refractivity contribution is -0.132. The summed E-state index contributed by atoms with van der Waals surface area (Å²) < 4.78 is 5.54. The van der Waals surface area contributed by atoms with Gasteiger partial charge in [-0.1, -0.05) is 54.1 Å². The normalized spacial score (nSPS) is 11.6. The van der Waals surface area contributed by atoms with E-state index in [1.54, 1.807) is 31.2 Å². The topological polar surface area (TPSA) is 67.4 Å². The highest BCUT2D eigenvalue weighted by Gasteiger charge is 2.13. The van der Waals surface area contributed by atoms with Crippen LogP contribution in [0.25, 0.3) is 0 Å². The van der Waals surface area contributed by atoms with Crippen LogP contribution in [0.15, 0.2) is 54.6 Å². The van der Waals surface area contributed by atoms with Crippen LogP contribution in [0.2, 0.25) is 5.02 Å². The van der Waals surface area contributed by atoms with Gasteiger partial charge in [-0.05, 0) is 24.6 Å². The molecular formula is C19H21ClN2O3. The Labute approximate surface area is 152 Å². The lowest BCUT2D eigenvalue weighted by atomic mass is 10.2. The van der Waals surface area contributed by atoms with Gasteiger partial charge in [0.2, 0.25) is 5.91 Å². The van der Waals surface area contributed by atoms with Crippen LogP contribution in [-0.2, 0) is 16.1 Å². The fraction of sp³-hybridized carbons (Fsp3) is 0.263. The van der Waals surface area contributed by atoms with Crippen LogP contribution < -0.4 is 10.6 Å². The van der Waals surface area contributed by atoms with Crippen molar-refractivity contribution in [3.63, 3.8) is 0 Å². The largest absolute Gasteiger partial charge is 0.364 e. The predicted octanol–water partition coefficient (Wildman–Crippen LogP) is 2.79. The lowest BCUT2D eigenvalue weighted by Gasteiger charge is -2.14. The lowest BCUT2D eigenvalue weighted by Crippen LogP contribution is -2.39. The molecule has 0 spiro atoms. The van der Waals surface area contributed by atoms with Gasteiger partial charge in [-0.3, -0.25) is 9.59 Å². The number of hydrogen-bond donors (Lipinski definition) is 2. The molecule has 0 heterocycles. The smallest absolute Gasteiger partial charge is 0.252 e. The fourth-order valence-corrected chi connectivity index (χ4v) is 2.34. The van der Waals surface area contributed by atoms with Crippen LogP contribution in [-0.4, -0.2) is 31.0 Å². The number of rotatable bonds is 8. The van der Waals surface area contributed by atoms with Crippen molar-refractivity contribution in [1.82, 2.24) is 10.6 Å². The molecule has 1 unspecified atom stereocenters. The number of hydrogen-bond acceptors (Lipinski definition) is 3. The predicted molar refractivity (Wildman–Crippen MR) is 97.5 cm³/mol. The summed E-state index contributed by atoms with van der Waals surface area (Å²) in [5.41, 5.74) is 1.42. The summed E-state index contributed by atoms with van der Waals surface area (Å²) in [6.45, 7) is 2.69. The van der Waals surface area contributed by atoms with Gasteiger partial charge >= 0.3 is 0 Å². The van der Waals surface area contributed by atoms with Crippen LogP contribution in [0, 0.1) is 0 Å². The SMILES string of the molecule is CC(OCc1ccccc1)C(=O)NCCNC(=O)c1ccccc1Cl. The zero-order valence-electron chi connectivity index (χ0n) is 14.0. The molecule has 0 aliphatic rings. The van der Waals surface area contributed by atoms with Gasteiger partial charge in [0.05, 0.1) is 17.2 Å². The molecule has 2 aromatic carbocycles. The van der Waals surface area contributed by atoms with E-state index in [1.165, 1.54) is 0 Å². The van der Waals surface area contributed by atoms with Crippen LogP contribution >= 0.6 is 11.6 Å². The molecule has 2 rings (SSSR count). The van der Waals surface area contributed by atoms with E-state index in [0.29, 0.717) is 30.3 Å². The number of benzene rings is 2. The molecule has 2 aromatic rings. The Bertz CT molecular complexity index is 707. The number of carbonyl (C=O) groups excluding carboxylic acids is 2. The third-order valence-corrected chi connectivity index (χ3v) is 3.87. The molecule has 0 aliphatic heterocycles. The number of ether oxygens (including phenoxy) is 1. The average Bonchev–Trinajstić information content (AvgIpc) is 2.64. The first-order valence-electron chi connectivity index (χ1n) is 8.04. The quantitative estimate of drug-likeness (QED) is 0.711. The van der Waals surface area contributed by atoms with Crippen molar-refractivity contribution >= 4 is 23.4 Å². The zero-order chi connectivity index (χ0) is 18.1. The molecule has 2 N–H and O–H groups in total. The summed E-state index contributed by atoms with van der Waals surface area (Å²) in [5, 5.41) is 5.84. The first-order chi connectivity index (χ1) is 12.1. The second-order valence-corrected chi connectivity index (χ2v) is 5.87. The van der Waals surface area contributed by atoms with Crippen molar-refractivity contribution in [1.29, 1.82) is 0 Å². The molecule has 0 saturated heterocycles. The van der Waals surface area contributed by atoms with Gasteiger partial charge in [0.15, 0.2) is 0 Å². The Morgan fingerprint density at radius 2 is 1.64 bits per heavy atom. The molecule has 0 saturated carbocycles. The standard InChI is InChI=1S/C19H21ClN2O3/c1-14(25-13-15-7-3-2-4-8-15)18(23)21-11-12-22-19(24)16-9-5-6-10-17(16)20/h2-10,14H,11-13H2,1H3,(H,21,23)(H,22,24). The molecule has 0 bridgehead atoms. The second kappa shape index (κ2) is 9.81. The molecule has 0 aromatic heterocycles. The van der Waals surface area contributed by atoms with Gasteiger partial charge in [0.1, 0.15) is 6.10 Å². The molecule has 2 amide bonds. The summed E-state index contributed by atoms with van der Waals surface area (Å²) in [4.78, 5) is 23.9. The average molecular weight is 361 g/mol. The minimum atomic E-state index is -0.570. The summed E-state index contributed by atoms with van der Waals surface area (Å²) in [7, 11) is 0. The van der Waals surface area contributed by atoms with Crippen molar-refractivity contribution in [2.24, 2.45) is 0 Å². The first kappa shape index (κ1) is 19.0. The van der Waals surface area contributed by atoms with E-state index < -0.39 is 6.10 Å². The van der Waals surface area contributed by atoms with Gasteiger partial charge in [0, 0.05) is 13.1 Å². The minimum Gasteiger partial charge on any atom is -0.364 e. The van der Waals surface area contributed by atoms with Gasteiger partial charge in [-0.25, -0.2) is 0 Å². The summed E-state index contributed by atoms with van der Waals surface area (Å²) in [6, 6.07) is 16.5. The highest BCUT2D eigenvalue weighted by Crippen LogP contribution is 2.14. The maximum Gasteiger partial charge on any atom is 0.252 e. The van der Waals surface area contributed by atoms with Gasteiger partial charge < -0.3 is 15.4 Å². The molecule has 132 valence electrons. The first-order valence-corrected chi connectivity index (χ1v) is 8.41. The highest BCUT2D eigenvalue weighted by molar-refractivity contribution is 6.33. The number of nitrogens with one attached hydrogen (secondary N) is 2. The third-order valence-electron chi connectivity index (χ3n) is 3.54. The molecule has 0 aliphatic carbocycles. The van der Waals surface area contributed by atoms with Crippen molar-refractivity contribution in [2.75, 3.05) is 13.1 Å². The van der Waals surface area contributed by atoms with E-state index in [0.717, 1.165) is 5.56 Å². The molecule has 0 fully saturated rings. The number of amides is 2. The molecular weight excluding hydrogens is 340 g/mol. The molecule has 6 heteroatoms. The van der Waals surface area contributed by atoms with E-state index in [2.05, 4.69) is 10.6 Å². The summed E-state index contributed by atoms with van der Waals surface area (Å²) >= 11 is 5.96. The van der Waals surface area contributed by atoms with Crippen LogP contribution in [0.1, 0.15) is 22.8 Å². The molecule has 0 radical (unpaired) electrons. The molecule has 1 atom stereocenters. The van der Waals surface area contributed by atoms with E-state index in [-0.39, 0.29) is 11.8 Å². The highest BCUT2D eigenvalue weighted by atomic mass is 35.5. The van der Waals surface area contributed by atoms with E-state index in [1.807, 2.05) is 30.3 Å². The minimum absolute atomic E-state index is 0.220. The third kappa shape index (κ3) is 6.21. The Kier molecular flexibility index (Phi) is 7.44. The van der Waals surface area contributed by atoms with Crippen molar-refractivity contribution in [3.8, 4) is 0 Å². The molecule has 25 heavy (non-hydrogen) atoms. The van der Waals surface area contributed by atoms with E-state index in [9.17, 15) is 9.59 Å². The second-order valence-electron chi connectivity index (χ2n) is 5.47. The van der Waals surface area contributed by atoms with Crippen LogP contribution in [0.4, 0.5) is 0 Å². The van der Waals surface area contributed by atoms with Gasteiger partial charge in [-0.2, -0.15) is 0 Å². The van der Waals surface area contributed by atoms with E-state index >= 15 is 0 Å². The van der Waals surface area contributed by atoms with Gasteiger partial charge in [-0.15, -0.1) is 0 Å². The molecule has 5 nitrogen and oxygen atoms in total. The van der Waals surface area contributed by atoms with Crippen molar-refractivity contribution in [2.45, 2.75) is 19.6 Å². The summed E-state index contributed by atoms with van der Waals surface area (Å²) in [5.74, 6) is -0.490. The van der Waals surface area contributed by atoms with E-state index in [4.69, 9.17) is 16.3 Å².